The van der Waals surface area contributed by atoms with Crippen molar-refractivity contribution in [1.29, 1.82) is 0 Å². The Hall–Kier alpha value is -4.37. The van der Waals surface area contributed by atoms with Crippen molar-refractivity contribution in [2.45, 2.75) is 43.5 Å². The number of methoxy groups -OCH3 is 1. The highest BCUT2D eigenvalue weighted by atomic mass is 16.7. The van der Waals surface area contributed by atoms with Gasteiger partial charge in [-0.2, -0.15) is 0 Å². The number of esters is 1. The predicted molar refractivity (Wildman–Crippen MR) is 133 cm³/mol. The number of carbonyl (C=O) groups is 2. The molecule has 3 aromatic rings. The van der Waals surface area contributed by atoms with Crippen LogP contribution in [0.1, 0.15) is 12.8 Å². The normalized spacial score (nSPS) is 22.6. The van der Waals surface area contributed by atoms with Crippen LogP contribution in [0.2, 0.25) is 0 Å². The standard InChI is InChI=1S/C26H26O14/c1-36-17-6-11(2-3-14(17)28)25-18(9-13-15(29)7-12(27)8-16(13)38-25)39-26-24(35)23(34)22(33)19(40-26)10-37-21(32)5-4-20(30)31/h2-3,6-9,19,22-24,26,33-35H,4-5,10H2,1H3,(H3-,27,28,29,30,31)/p+1/t19-,22-,23+,24-,26-/m1/s1. The molecule has 4 rings (SSSR count). The lowest BCUT2D eigenvalue weighted by molar-refractivity contribution is -0.278. The third-order valence-corrected chi connectivity index (χ3v) is 6.12. The van der Waals surface area contributed by atoms with Crippen LogP contribution in [0.25, 0.3) is 22.3 Å². The molecular weight excluding hydrogens is 536 g/mol. The smallest absolute Gasteiger partial charge is 0.402 e. The lowest BCUT2D eigenvalue weighted by Gasteiger charge is -2.39. The first-order chi connectivity index (χ1) is 19.0. The minimum atomic E-state index is -1.81. The van der Waals surface area contributed by atoms with Gasteiger partial charge in [0.05, 0.1) is 31.6 Å². The maximum Gasteiger partial charge on any atom is 0.402 e. The number of ether oxygens (including phenoxy) is 4. The molecule has 1 aliphatic rings. The summed E-state index contributed by atoms with van der Waals surface area (Å²) in [4.78, 5) is 22.5. The van der Waals surface area contributed by atoms with E-state index < -0.39 is 62.1 Å². The van der Waals surface area contributed by atoms with Gasteiger partial charge in [-0.15, -0.1) is 0 Å². The predicted octanol–water partition coefficient (Wildman–Crippen LogP) is 1.10. The largest absolute Gasteiger partial charge is 0.507 e. The number of hydrogen-bond acceptors (Lipinski definition) is 12. The number of phenolic OH excluding ortho intramolecular Hbond substituents is 3. The van der Waals surface area contributed by atoms with Crippen molar-refractivity contribution in [3.8, 4) is 40.1 Å². The quantitative estimate of drug-likeness (QED) is 0.143. The van der Waals surface area contributed by atoms with Gasteiger partial charge in [-0.25, -0.2) is 4.42 Å². The molecule has 1 aromatic heterocycles. The second kappa shape index (κ2) is 11.8. The van der Waals surface area contributed by atoms with Crippen molar-refractivity contribution in [1.82, 2.24) is 0 Å². The van der Waals surface area contributed by atoms with Gasteiger partial charge < -0.3 is 54.7 Å². The molecule has 1 aliphatic heterocycles. The highest BCUT2D eigenvalue weighted by Gasteiger charge is 2.46. The Kier molecular flexibility index (Phi) is 8.44. The van der Waals surface area contributed by atoms with E-state index in [1.165, 1.54) is 37.4 Å². The summed E-state index contributed by atoms with van der Waals surface area (Å²) in [5.74, 6) is -3.00. The SMILES string of the molecule is COc1cc(-c2[o+]c3cc(O)cc(O)c3cc2O[C@@H]2O[C@H](COC(=O)CCC(=O)O)[C@@H](O)[C@H](O)[C@H]2O)ccc1O. The first-order valence-electron chi connectivity index (χ1n) is 11.9. The summed E-state index contributed by atoms with van der Waals surface area (Å²) in [5.41, 5.74) is 0.336. The fourth-order valence-electron chi connectivity index (χ4n) is 4.02. The molecule has 5 atom stereocenters. The van der Waals surface area contributed by atoms with Crippen LogP contribution < -0.4 is 9.47 Å². The molecule has 214 valence electrons. The topological polar surface area (TPSA) is 224 Å². The molecule has 0 amide bonds. The van der Waals surface area contributed by atoms with Crippen LogP contribution in [-0.2, 0) is 19.1 Å². The van der Waals surface area contributed by atoms with Crippen molar-refractivity contribution < 1.29 is 68.7 Å². The Morgan fingerprint density at radius 1 is 0.925 bits per heavy atom. The Morgan fingerprint density at radius 2 is 1.68 bits per heavy atom. The van der Waals surface area contributed by atoms with E-state index in [0.717, 1.165) is 6.07 Å². The molecule has 0 bridgehead atoms. The fourth-order valence-corrected chi connectivity index (χ4v) is 4.02. The maximum atomic E-state index is 11.8. The Labute approximate surface area is 225 Å². The Bertz CT molecular complexity index is 1410. The van der Waals surface area contributed by atoms with Gasteiger partial charge in [0, 0.05) is 18.2 Å². The van der Waals surface area contributed by atoms with Gasteiger partial charge in [0.1, 0.15) is 47.9 Å². The summed E-state index contributed by atoms with van der Waals surface area (Å²) in [5, 5.41) is 70.5. The zero-order chi connectivity index (χ0) is 29.1. The van der Waals surface area contributed by atoms with E-state index in [1.807, 2.05) is 0 Å². The van der Waals surface area contributed by atoms with Gasteiger partial charge in [-0.3, -0.25) is 9.59 Å². The van der Waals surface area contributed by atoms with Crippen molar-refractivity contribution in [3.63, 3.8) is 0 Å². The van der Waals surface area contributed by atoms with E-state index in [2.05, 4.69) is 0 Å². The number of aromatic hydroxyl groups is 3. The molecule has 1 saturated heterocycles. The number of carbonyl (C=O) groups excluding carboxylic acids is 1. The first kappa shape index (κ1) is 28.6. The number of aliphatic hydroxyl groups excluding tert-OH is 3. The fraction of sp³-hybridized carbons (Fsp3) is 0.346. The van der Waals surface area contributed by atoms with Gasteiger partial charge in [-0.05, 0) is 12.1 Å². The minimum Gasteiger partial charge on any atom is -0.507 e. The molecule has 14 nitrogen and oxygen atoms in total. The molecule has 0 unspecified atom stereocenters. The van der Waals surface area contributed by atoms with Gasteiger partial charge in [0.2, 0.25) is 12.0 Å². The van der Waals surface area contributed by atoms with Gasteiger partial charge >= 0.3 is 23.3 Å². The van der Waals surface area contributed by atoms with E-state index in [4.69, 9.17) is 28.5 Å². The molecule has 0 aliphatic carbocycles. The van der Waals surface area contributed by atoms with Gasteiger partial charge in [0.15, 0.2) is 11.5 Å². The number of aliphatic hydroxyl groups is 3. The Morgan fingerprint density at radius 3 is 2.38 bits per heavy atom. The molecule has 2 heterocycles. The monoisotopic (exact) mass is 563 g/mol. The van der Waals surface area contributed by atoms with Crippen LogP contribution in [-0.4, -0.2) is 92.1 Å². The van der Waals surface area contributed by atoms with Crippen molar-refractivity contribution >= 4 is 22.9 Å². The Balaban J connectivity index is 1.67. The van der Waals surface area contributed by atoms with E-state index in [9.17, 15) is 40.2 Å². The number of aliphatic carboxylic acids is 1. The molecular formula is C26H27O14+. The molecule has 0 spiro atoms. The number of hydrogen-bond donors (Lipinski definition) is 7. The zero-order valence-electron chi connectivity index (χ0n) is 21.0. The zero-order valence-corrected chi connectivity index (χ0v) is 21.0. The molecule has 40 heavy (non-hydrogen) atoms. The van der Waals surface area contributed by atoms with E-state index in [-0.39, 0.29) is 45.5 Å². The third kappa shape index (κ3) is 6.10. The number of carboxylic acid groups (broad SMARTS) is 1. The summed E-state index contributed by atoms with van der Waals surface area (Å²) in [6.07, 6.45) is -9.25. The molecule has 14 heteroatoms. The van der Waals surface area contributed by atoms with Crippen LogP contribution >= 0.6 is 0 Å². The van der Waals surface area contributed by atoms with Crippen molar-refractivity contribution in [2.75, 3.05) is 13.7 Å². The first-order valence-corrected chi connectivity index (χ1v) is 11.9. The summed E-state index contributed by atoms with van der Waals surface area (Å²) < 4.78 is 27.4. The molecule has 0 radical (unpaired) electrons. The van der Waals surface area contributed by atoms with E-state index in [0.29, 0.717) is 5.56 Å². The summed E-state index contributed by atoms with van der Waals surface area (Å²) in [6.45, 7) is -0.590. The summed E-state index contributed by atoms with van der Waals surface area (Å²) >= 11 is 0. The molecule has 7 N–H and O–H groups in total. The third-order valence-electron chi connectivity index (χ3n) is 6.12. The number of rotatable bonds is 9. The second-order valence-electron chi connectivity index (χ2n) is 8.91. The van der Waals surface area contributed by atoms with Crippen LogP contribution in [0.4, 0.5) is 0 Å². The van der Waals surface area contributed by atoms with Crippen molar-refractivity contribution in [3.05, 3.63) is 36.4 Å². The summed E-state index contributed by atoms with van der Waals surface area (Å²) in [6, 6.07) is 7.79. The van der Waals surface area contributed by atoms with Crippen LogP contribution in [0.15, 0.2) is 40.8 Å². The lowest BCUT2D eigenvalue weighted by Crippen LogP contribution is -2.60. The van der Waals surface area contributed by atoms with Crippen LogP contribution in [0.5, 0.6) is 28.7 Å². The number of carboxylic acids is 1. The average molecular weight is 563 g/mol. The van der Waals surface area contributed by atoms with Crippen molar-refractivity contribution in [2.24, 2.45) is 0 Å². The van der Waals surface area contributed by atoms with E-state index >= 15 is 0 Å². The number of benzene rings is 2. The van der Waals surface area contributed by atoms with Gasteiger partial charge in [0.25, 0.3) is 0 Å². The highest BCUT2D eigenvalue weighted by Crippen LogP contribution is 2.42. The molecule has 0 saturated carbocycles. The van der Waals surface area contributed by atoms with E-state index in [1.54, 1.807) is 0 Å². The number of fused-ring (bicyclic) bond motifs is 1. The second-order valence-corrected chi connectivity index (χ2v) is 8.91. The summed E-state index contributed by atoms with van der Waals surface area (Å²) in [7, 11) is 1.33. The highest BCUT2D eigenvalue weighted by molar-refractivity contribution is 5.88. The van der Waals surface area contributed by atoms with Crippen LogP contribution in [0.3, 0.4) is 0 Å². The van der Waals surface area contributed by atoms with Gasteiger partial charge in [-0.1, -0.05) is 0 Å². The lowest BCUT2D eigenvalue weighted by atomic mass is 9.99. The maximum absolute atomic E-state index is 11.8. The van der Waals surface area contributed by atoms with Crippen LogP contribution in [0, 0.1) is 0 Å². The number of phenols is 3. The molecule has 1 fully saturated rings. The minimum absolute atomic E-state index is 0.0242. The average Bonchev–Trinajstić information content (AvgIpc) is 2.91. The molecule has 2 aromatic carbocycles.